The van der Waals surface area contributed by atoms with Crippen LogP contribution in [0.15, 0.2) is 16.6 Å². The van der Waals surface area contributed by atoms with E-state index in [0.717, 1.165) is 10.0 Å². The Morgan fingerprint density at radius 3 is 2.81 bits per heavy atom. The minimum absolute atomic E-state index is 0.122. The molecule has 1 saturated heterocycles. The Labute approximate surface area is 131 Å². The third-order valence-electron chi connectivity index (χ3n) is 3.98. The van der Waals surface area contributed by atoms with E-state index in [4.69, 9.17) is 9.47 Å². The molecule has 2 aliphatic heterocycles. The molecule has 1 aromatic rings. The molecular formula is C15H16BrNO4. The first-order chi connectivity index (χ1) is 10.1. The summed E-state index contributed by atoms with van der Waals surface area (Å²) < 4.78 is 12.0. The maximum absolute atomic E-state index is 12.0. The van der Waals surface area contributed by atoms with Gasteiger partial charge in [-0.15, -0.1) is 0 Å². The summed E-state index contributed by atoms with van der Waals surface area (Å²) in [4.78, 5) is 23.7. The van der Waals surface area contributed by atoms with Gasteiger partial charge in [0.2, 0.25) is 11.8 Å². The van der Waals surface area contributed by atoms with Crippen LogP contribution in [0.3, 0.4) is 0 Å². The Bertz CT molecular complexity index is 602. The quantitative estimate of drug-likeness (QED) is 0.829. The molecule has 1 aromatic carbocycles. The molecule has 0 aliphatic carbocycles. The van der Waals surface area contributed by atoms with E-state index in [9.17, 15) is 9.59 Å². The zero-order valence-corrected chi connectivity index (χ0v) is 13.2. The highest BCUT2D eigenvalue weighted by Crippen LogP contribution is 2.43. The Kier molecular flexibility index (Phi) is 3.89. The van der Waals surface area contributed by atoms with E-state index in [1.165, 1.54) is 0 Å². The SMILES string of the molecule is CCC1C(=O)NC(=O)CC1c1cc(Br)c2c(c1)OCCO2. The third kappa shape index (κ3) is 2.64. The molecule has 2 aliphatic rings. The summed E-state index contributed by atoms with van der Waals surface area (Å²) in [6.45, 7) is 2.98. The lowest BCUT2D eigenvalue weighted by molar-refractivity contribution is -0.137. The van der Waals surface area contributed by atoms with Crippen LogP contribution in [0, 0.1) is 5.92 Å². The number of ether oxygens (including phenoxy) is 2. The molecule has 5 nitrogen and oxygen atoms in total. The summed E-state index contributed by atoms with van der Waals surface area (Å²) in [5.41, 5.74) is 0.932. The topological polar surface area (TPSA) is 64.6 Å². The predicted molar refractivity (Wildman–Crippen MR) is 79.4 cm³/mol. The van der Waals surface area contributed by atoms with Crippen molar-refractivity contribution in [2.45, 2.75) is 25.7 Å². The molecule has 2 amide bonds. The summed E-state index contributed by atoms with van der Waals surface area (Å²) in [6, 6.07) is 3.81. The molecule has 2 heterocycles. The van der Waals surface area contributed by atoms with Gasteiger partial charge < -0.3 is 9.47 Å². The van der Waals surface area contributed by atoms with Crippen molar-refractivity contribution < 1.29 is 19.1 Å². The van der Waals surface area contributed by atoms with Crippen molar-refractivity contribution in [1.82, 2.24) is 5.32 Å². The number of rotatable bonds is 2. The van der Waals surface area contributed by atoms with E-state index in [0.29, 0.717) is 37.6 Å². The number of fused-ring (bicyclic) bond motifs is 1. The molecular weight excluding hydrogens is 338 g/mol. The Morgan fingerprint density at radius 2 is 2.05 bits per heavy atom. The van der Waals surface area contributed by atoms with Crippen LogP contribution in [0.4, 0.5) is 0 Å². The largest absolute Gasteiger partial charge is 0.486 e. The van der Waals surface area contributed by atoms with Gasteiger partial charge in [-0.1, -0.05) is 6.92 Å². The lowest BCUT2D eigenvalue weighted by Gasteiger charge is -2.30. The lowest BCUT2D eigenvalue weighted by Crippen LogP contribution is -2.44. The summed E-state index contributed by atoms with van der Waals surface area (Å²) in [6.07, 6.45) is 1.01. The molecule has 1 fully saturated rings. The van der Waals surface area contributed by atoms with Crippen LogP contribution < -0.4 is 14.8 Å². The first-order valence-corrected chi connectivity index (χ1v) is 7.82. The van der Waals surface area contributed by atoms with Crippen molar-refractivity contribution in [1.29, 1.82) is 0 Å². The molecule has 2 unspecified atom stereocenters. The number of halogens is 1. The van der Waals surface area contributed by atoms with Crippen LogP contribution >= 0.6 is 15.9 Å². The average Bonchev–Trinajstić information content (AvgIpc) is 2.46. The second-order valence-corrected chi connectivity index (χ2v) is 6.12. The third-order valence-corrected chi connectivity index (χ3v) is 4.57. The van der Waals surface area contributed by atoms with Crippen molar-refractivity contribution in [3.05, 3.63) is 22.2 Å². The summed E-state index contributed by atoms with van der Waals surface area (Å²) in [7, 11) is 0. The molecule has 6 heteroatoms. The van der Waals surface area contributed by atoms with Gasteiger partial charge in [-0.25, -0.2) is 0 Å². The van der Waals surface area contributed by atoms with Crippen molar-refractivity contribution in [3.63, 3.8) is 0 Å². The van der Waals surface area contributed by atoms with Gasteiger partial charge in [-0.2, -0.15) is 0 Å². The van der Waals surface area contributed by atoms with E-state index in [-0.39, 0.29) is 23.7 Å². The smallest absolute Gasteiger partial charge is 0.230 e. The van der Waals surface area contributed by atoms with Crippen LogP contribution in [-0.2, 0) is 9.59 Å². The fourth-order valence-corrected chi connectivity index (χ4v) is 3.54. The van der Waals surface area contributed by atoms with Crippen molar-refractivity contribution in [2.24, 2.45) is 5.92 Å². The maximum Gasteiger partial charge on any atom is 0.230 e. The molecule has 1 N–H and O–H groups in total. The Hall–Kier alpha value is -1.56. The van der Waals surface area contributed by atoms with E-state index >= 15 is 0 Å². The zero-order valence-electron chi connectivity index (χ0n) is 11.6. The van der Waals surface area contributed by atoms with Gasteiger partial charge in [-0.3, -0.25) is 14.9 Å². The molecule has 21 heavy (non-hydrogen) atoms. The molecule has 0 bridgehead atoms. The normalized spacial score (nSPS) is 24.7. The fourth-order valence-electron chi connectivity index (χ4n) is 2.97. The van der Waals surface area contributed by atoms with E-state index in [2.05, 4.69) is 21.2 Å². The van der Waals surface area contributed by atoms with Crippen molar-refractivity contribution in [2.75, 3.05) is 13.2 Å². The fraction of sp³-hybridized carbons (Fsp3) is 0.467. The molecule has 0 radical (unpaired) electrons. The first-order valence-electron chi connectivity index (χ1n) is 7.03. The van der Waals surface area contributed by atoms with E-state index in [1.54, 1.807) is 0 Å². The number of imide groups is 1. The molecule has 0 saturated carbocycles. The van der Waals surface area contributed by atoms with E-state index in [1.807, 2.05) is 19.1 Å². The number of hydrogen-bond acceptors (Lipinski definition) is 4. The van der Waals surface area contributed by atoms with Gasteiger partial charge in [-0.05, 0) is 40.0 Å². The Balaban J connectivity index is 2.00. The second-order valence-electron chi connectivity index (χ2n) is 5.26. The van der Waals surface area contributed by atoms with Crippen LogP contribution in [0.1, 0.15) is 31.2 Å². The molecule has 3 rings (SSSR count). The number of hydrogen-bond donors (Lipinski definition) is 1. The number of carbonyl (C=O) groups excluding carboxylic acids is 2. The van der Waals surface area contributed by atoms with Crippen molar-refractivity contribution >= 4 is 27.7 Å². The van der Waals surface area contributed by atoms with Crippen molar-refractivity contribution in [3.8, 4) is 11.5 Å². The van der Waals surface area contributed by atoms with Gasteiger partial charge in [0.1, 0.15) is 13.2 Å². The standard InChI is InChI=1S/C15H16BrNO4/c1-2-9-10(7-13(18)17-15(9)19)8-5-11(16)14-12(6-8)20-3-4-21-14/h5-6,9-10H,2-4,7H2,1H3,(H,17,18,19). The summed E-state index contributed by atoms with van der Waals surface area (Å²) in [5, 5.41) is 2.41. The molecule has 0 spiro atoms. The number of carbonyl (C=O) groups is 2. The van der Waals surface area contributed by atoms with Crippen LogP contribution in [0.5, 0.6) is 11.5 Å². The predicted octanol–water partition coefficient (Wildman–Crippen LogP) is 2.38. The number of amides is 2. The van der Waals surface area contributed by atoms with Gasteiger partial charge >= 0.3 is 0 Å². The monoisotopic (exact) mass is 353 g/mol. The van der Waals surface area contributed by atoms with Gasteiger partial charge in [0, 0.05) is 18.3 Å². The van der Waals surface area contributed by atoms with Crippen LogP contribution in [0.25, 0.3) is 0 Å². The first kappa shape index (κ1) is 14.4. The van der Waals surface area contributed by atoms with Crippen LogP contribution in [0.2, 0.25) is 0 Å². The zero-order chi connectivity index (χ0) is 15.0. The minimum atomic E-state index is -0.222. The second kappa shape index (κ2) is 5.67. The minimum Gasteiger partial charge on any atom is -0.486 e. The highest BCUT2D eigenvalue weighted by atomic mass is 79.9. The summed E-state index contributed by atoms with van der Waals surface area (Å²) >= 11 is 3.48. The molecule has 2 atom stereocenters. The van der Waals surface area contributed by atoms with E-state index < -0.39 is 0 Å². The Morgan fingerprint density at radius 1 is 1.29 bits per heavy atom. The lowest BCUT2D eigenvalue weighted by atomic mass is 9.79. The maximum atomic E-state index is 12.0. The molecule has 0 aromatic heterocycles. The average molecular weight is 354 g/mol. The molecule has 112 valence electrons. The van der Waals surface area contributed by atoms with Gasteiger partial charge in [0.25, 0.3) is 0 Å². The number of piperidine rings is 1. The van der Waals surface area contributed by atoms with Gasteiger partial charge in [0.05, 0.1) is 4.47 Å². The number of benzene rings is 1. The van der Waals surface area contributed by atoms with Crippen LogP contribution in [-0.4, -0.2) is 25.0 Å². The van der Waals surface area contributed by atoms with Gasteiger partial charge in [0.15, 0.2) is 11.5 Å². The number of nitrogens with one attached hydrogen (secondary N) is 1. The highest BCUT2D eigenvalue weighted by molar-refractivity contribution is 9.10. The summed E-state index contributed by atoms with van der Waals surface area (Å²) in [5.74, 6) is 0.620. The highest BCUT2D eigenvalue weighted by Gasteiger charge is 2.36.